The first-order valence-corrected chi connectivity index (χ1v) is 7.81. The van der Waals surface area contributed by atoms with E-state index in [9.17, 15) is 9.18 Å². The maximum Gasteiger partial charge on any atom is 0.246 e. The van der Waals surface area contributed by atoms with Crippen molar-refractivity contribution in [3.8, 4) is 5.75 Å². The number of aryl methyl sites for hydroxylation is 1. The van der Waals surface area contributed by atoms with E-state index < -0.39 is 5.82 Å². The standard InChI is InChI=1S/C19H19ClFNO2/c1-13-7-9-18(24-3)14(11-13)8-10-19(23)22(2)12-15-16(20)5-4-6-17(15)21/h4-11H,12H2,1-3H3/b10-8+. The van der Waals surface area contributed by atoms with Gasteiger partial charge < -0.3 is 9.64 Å². The van der Waals surface area contributed by atoms with Crippen molar-refractivity contribution < 1.29 is 13.9 Å². The predicted molar refractivity (Wildman–Crippen MR) is 94.6 cm³/mol. The van der Waals surface area contributed by atoms with Crippen LogP contribution in [0.15, 0.2) is 42.5 Å². The van der Waals surface area contributed by atoms with E-state index >= 15 is 0 Å². The molecule has 2 rings (SSSR count). The van der Waals surface area contributed by atoms with Crippen molar-refractivity contribution in [2.75, 3.05) is 14.2 Å². The molecule has 0 saturated heterocycles. The molecule has 0 aliphatic heterocycles. The van der Waals surface area contributed by atoms with Gasteiger partial charge in [-0.1, -0.05) is 29.3 Å². The van der Waals surface area contributed by atoms with Crippen molar-refractivity contribution in [2.45, 2.75) is 13.5 Å². The molecule has 0 aromatic heterocycles. The molecule has 0 heterocycles. The number of halogens is 2. The van der Waals surface area contributed by atoms with Crippen LogP contribution in [-0.4, -0.2) is 25.0 Å². The van der Waals surface area contributed by atoms with Crippen molar-refractivity contribution in [3.05, 3.63) is 70.0 Å². The number of hydrogen-bond acceptors (Lipinski definition) is 2. The van der Waals surface area contributed by atoms with Crippen LogP contribution in [-0.2, 0) is 11.3 Å². The molecule has 5 heteroatoms. The molecule has 1 amide bonds. The smallest absolute Gasteiger partial charge is 0.246 e. The monoisotopic (exact) mass is 347 g/mol. The molecule has 0 unspecified atom stereocenters. The molecule has 0 aliphatic rings. The summed E-state index contributed by atoms with van der Waals surface area (Å²) in [5.41, 5.74) is 2.18. The van der Waals surface area contributed by atoms with Gasteiger partial charge in [-0.25, -0.2) is 4.39 Å². The molecule has 0 saturated carbocycles. The largest absolute Gasteiger partial charge is 0.496 e. The van der Waals surface area contributed by atoms with Crippen molar-refractivity contribution in [2.24, 2.45) is 0 Å². The van der Waals surface area contributed by atoms with E-state index in [4.69, 9.17) is 16.3 Å². The average molecular weight is 348 g/mol. The van der Waals surface area contributed by atoms with Crippen molar-refractivity contribution in [3.63, 3.8) is 0 Å². The Balaban J connectivity index is 2.13. The Morgan fingerprint density at radius 3 is 2.75 bits per heavy atom. The topological polar surface area (TPSA) is 29.5 Å². The molecular formula is C19H19ClFNO2. The third-order valence-corrected chi connectivity index (χ3v) is 3.98. The van der Waals surface area contributed by atoms with Gasteiger partial charge in [0, 0.05) is 35.8 Å². The number of carbonyl (C=O) groups excluding carboxylic acids is 1. The minimum atomic E-state index is -0.425. The van der Waals surface area contributed by atoms with Gasteiger partial charge in [-0.05, 0) is 37.3 Å². The van der Waals surface area contributed by atoms with Crippen molar-refractivity contribution in [1.29, 1.82) is 0 Å². The second-order valence-electron chi connectivity index (χ2n) is 5.47. The number of likely N-dealkylation sites (N-methyl/N-ethyl adjacent to an activating group) is 1. The fraction of sp³-hybridized carbons (Fsp3) is 0.211. The van der Waals surface area contributed by atoms with Crippen molar-refractivity contribution in [1.82, 2.24) is 4.90 Å². The first-order valence-electron chi connectivity index (χ1n) is 7.43. The zero-order chi connectivity index (χ0) is 17.7. The van der Waals surface area contributed by atoms with Gasteiger partial charge in [0.1, 0.15) is 11.6 Å². The number of ether oxygens (including phenoxy) is 1. The molecular weight excluding hydrogens is 329 g/mol. The summed E-state index contributed by atoms with van der Waals surface area (Å²) in [6.07, 6.45) is 3.12. The first kappa shape index (κ1) is 18.0. The summed E-state index contributed by atoms with van der Waals surface area (Å²) in [5, 5.41) is 0.305. The fourth-order valence-corrected chi connectivity index (χ4v) is 2.49. The van der Waals surface area contributed by atoms with Gasteiger partial charge in [0.25, 0.3) is 0 Å². The van der Waals surface area contributed by atoms with E-state index in [0.717, 1.165) is 11.1 Å². The molecule has 126 valence electrons. The number of nitrogens with zero attached hydrogens (tertiary/aromatic N) is 1. The lowest BCUT2D eigenvalue weighted by molar-refractivity contribution is -0.125. The highest BCUT2D eigenvalue weighted by Crippen LogP contribution is 2.22. The number of rotatable bonds is 5. The third-order valence-electron chi connectivity index (χ3n) is 3.62. The molecule has 0 aliphatic carbocycles. The van der Waals surface area contributed by atoms with E-state index in [0.29, 0.717) is 16.3 Å². The van der Waals surface area contributed by atoms with Crippen LogP contribution in [0.5, 0.6) is 5.75 Å². The maximum atomic E-state index is 13.8. The summed E-state index contributed by atoms with van der Waals surface area (Å²) in [6.45, 7) is 2.06. The lowest BCUT2D eigenvalue weighted by Gasteiger charge is -2.16. The number of hydrogen-bond donors (Lipinski definition) is 0. The Labute approximate surface area is 146 Å². The zero-order valence-electron chi connectivity index (χ0n) is 13.8. The fourth-order valence-electron chi connectivity index (χ4n) is 2.27. The van der Waals surface area contributed by atoms with Gasteiger partial charge in [-0.2, -0.15) is 0 Å². The second-order valence-corrected chi connectivity index (χ2v) is 5.88. The summed E-state index contributed by atoms with van der Waals surface area (Å²) in [6, 6.07) is 10.2. The molecule has 2 aromatic rings. The van der Waals surface area contributed by atoms with E-state index in [1.807, 2.05) is 25.1 Å². The summed E-state index contributed by atoms with van der Waals surface area (Å²) >= 11 is 6.00. The van der Waals surface area contributed by atoms with Crippen LogP contribution >= 0.6 is 11.6 Å². The Kier molecular flexibility index (Phi) is 5.99. The first-order chi connectivity index (χ1) is 11.4. The van der Waals surface area contributed by atoms with E-state index in [1.54, 1.807) is 26.3 Å². The van der Waals surface area contributed by atoms with Crippen LogP contribution in [0, 0.1) is 12.7 Å². The quantitative estimate of drug-likeness (QED) is 0.747. The number of carbonyl (C=O) groups is 1. The molecule has 0 atom stereocenters. The highest BCUT2D eigenvalue weighted by molar-refractivity contribution is 6.31. The van der Waals surface area contributed by atoms with Crippen LogP contribution in [0.4, 0.5) is 4.39 Å². The normalized spacial score (nSPS) is 10.9. The van der Waals surface area contributed by atoms with Gasteiger partial charge in [-0.15, -0.1) is 0 Å². The highest BCUT2D eigenvalue weighted by Gasteiger charge is 2.12. The molecule has 0 fully saturated rings. The lowest BCUT2D eigenvalue weighted by atomic mass is 10.1. The van der Waals surface area contributed by atoms with Crippen LogP contribution in [0.2, 0.25) is 5.02 Å². The van der Waals surface area contributed by atoms with Gasteiger partial charge in [0.05, 0.1) is 7.11 Å². The second kappa shape index (κ2) is 7.97. The lowest BCUT2D eigenvalue weighted by Crippen LogP contribution is -2.24. The third kappa shape index (κ3) is 4.36. The van der Waals surface area contributed by atoms with Gasteiger partial charge in [0.2, 0.25) is 5.91 Å². The zero-order valence-corrected chi connectivity index (χ0v) is 14.6. The Bertz CT molecular complexity index is 754. The molecule has 24 heavy (non-hydrogen) atoms. The summed E-state index contributed by atoms with van der Waals surface area (Å²) < 4.78 is 19.1. The summed E-state index contributed by atoms with van der Waals surface area (Å²) in [5.74, 6) is 0.00816. The van der Waals surface area contributed by atoms with Gasteiger partial charge in [0.15, 0.2) is 0 Å². The number of benzene rings is 2. The van der Waals surface area contributed by atoms with Crippen LogP contribution in [0.3, 0.4) is 0 Å². The Morgan fingerprint density at radius 2 is 2.08 bits per heavy atom. The summed E-state index contributed by atoms with van der Waals surface area (Å²) in [7, 11) is 3.18. The maximum absolute atomic E-state index is 13.8. The SMILES string of the molecule is COc1ccc(C)cc1/C=C/C(=O)N(C)Cc1c(F)cccc1Cl. The summed E-state index contributed by atoms with van der Waals surface area (Å²) in [4.78, 5) is 13.7. The minimum Gasteiger partial charge on any atom is -0.496 e. The van der Waals surface area contributed by atoms with Crippen LogP contribution in [0.1, 0.15) is 16.7 Å². The van der Waals surface area contributed by atoms with Gasteiger partial charge in [-0.3, -0.25) is 4.79 Å². The molecule has 0 radical (unpaired) electrons. The molecule has 3 nitrogen and oxygen atoms in total. The van der Waals surface area contributed by atoms with Crippen LogP contribution < -0.4 is 4.74 Å². The van der Waals surface area contributed by atoms with E-state index in [-0.39, 0.29) is 12.5 Å². The van der Waals surface area contributed by atoms with Crippen LogP contribution in [0.25, 0.3) is 6.08 Å². The van der Waals surface area contributed by atoms with E-state index in [1.165, 1.54) is 23.1 Å². The number of amides is 1. The molecule has 0 bridgehead atoms. The predicted octanol–water partition coefficient (Wildman–Crippen LogP) is 4.47. The Hall–Kier alpha value is -2.33. The van der Waals surface area contributed by atoms with E-state index in [2.05, 4.69) is 0 Å². The molecule has 2 aromatic carbocycles. The molecule has 0 spiro atoms. The van der Waals surface area contributed by atoms with Gasteiger partial charge >= 0.3 is 0 Å². The van der Waals surface area contributed by atoms with Crippen molar-refractivity contribution >= 4 is 23.6 Å². The average Bonchev–Trinajstić information content (AvgIpc) is 2.56. The Morgan fingerprint density at radius 1 is 1.33 bits per heavy atom. The molecule has 0 N–H and O–H groups in total. The number of methoxy groups -OCH3 is 1. The highest BCUT2D eigenvalue weighted by atomic mass is 35.5. The minimum absolute atomic E-state index is 0.0969.